The van der Waals surface area contributed by atoms with Crippen LogP contribution in [0.3, 0.4) is 0 Å². The zero-order valence-corrected chi connectivity index (χ0v) is 9.96. The molecule has 1 atom stereocenters. The number of anilines is 1. The number of benzene rings is 1. The Labute approximate surface area is 100 Å². The standard InChI is InChI=1S/C12H17N3O2/c1-8(2)10(13)11(16)15(12(14)17)9-6-4-3-5-7-9/h3-8,10H,13H2,1-2H3,(H2,14,17)/t10-/m0/s1. The van der Waals surface area contributed by atoms with Crippen molar-refractivity contribution in [2.45, 2.75) is 19.9 Å². The van der Waals surface area contributed by atoms with Gasteiger partial charge < -0.3 is 11.5 Å². The maximum atomic E-state index is 12.0. The molecule has 0 aromatic heterocycles. The zero-order valence-electron chi connectivity index (χ0n) is 9.96. The van der Waals surface area contributed by atoms with Crippen LogP contribution in [0.1, 0.15) is 13.8 Å². The third-order valence-corrected chi connectivity index (χ3v) is 2.46. The first-order valence-corrected chi connectivity index (χ1v) is 5.39. The summed E-state index contributed by atoms with van der Waals surface area (Å²) >= 11 is 0. The fraction of sp³-hybridized carbons (Fsp3) is 0.333. The lowest BCUT2D eigenvalue weighted by Crippen LogP contribution is -2.51. The predicted octanol–water partition coefficient (Wildman–Crippen LogP) is 1.08. The van der Waals surface area contributed by atoms with Crippen LogP contribution in [0.4, 0.5) is 10.5 Å². The molecule has 0 saturated carbocycles. The molecule has 0 aliphatic heterocycles. The minimum absolute atomic E-state index is 0.0620. The van der Waals surface area contributed by atoms with Gasteiger partial charge in [0.15, 0.2) is 0 Å². The Kier molecular flexibility index (Phi) is 4.23. The van der Waals surface area contributed by atoms with Crippen LogP contribution in [-0.4, -0.2) is 18.0 Å². The number of imide groups is 1. The van der Waals surface area contributed by atoms with Crippen molar-refractivity contribution in [3.05, 3.63) is 30.3 Å². The van der Waals surface area contributed by atoms with E-state index in [1.165, 1.54) is 0 Å². The number of rotatable bonds is 3. The van der Waals surface area contributed by atoms with Gasteiger partial charge in [0.05, 0.1) is 11.7 Å². The molecule has 5 heteroatoms. The maximum absolute atomic E-state index is 12.0. The van der Waals surface area contributed by atoms with E-state index in [1.807, 2.05) is 13.8 Å². The predicted molar refractivity (Wildman–Crippen MR) is 66.3 cm³/mol. The van der Waals surface area contributed by atoms with E-state index in [0.717, 1.165) is 4.90 Å². The maximum Gasteiger partial charge on any atom is 0.326 e. The third kappa shape index (κ3) is 3.04. The van der Waals surface area contributed by atoms with Gasteiger partial charge in [-0.2, -0.15) is 0 Å². The van der Waals surface area contributed by atoms with Crippen LogP contribution >= 0.6 is 0 Å². The molecule has 0 aliphatic rings. The summed E-state index contributed by atoms with van der Waals surface area (Å²) in [5.74, 6) is -0.549. The summed E-state index contributed by atoms with van der Waals surface area (Å²) in [7, 11) is 0. The van der Waals surface area contributed by atoms with E-state index in [9.17, 15) is 9.59 Å². The first-order chi connectivity index (χ1) is 7.95. The van der Waals surface area contributed by atoms with Crippen LogP contribution in [0.25, 0.3) is 0 Å². The quantitative estimate of drug-likeness (QED) is 0.821. The van der Waals surface area contributed by atoms with Gasteiger partial charge in [-0.1, -0.05) is 32.0 Å². The number of nitrogens with zero attached hydrogens (tertiary/aromatic N) is 1. The lowest BCUT2D eigenvalue weighted by molar-refractivity contribution is -0.119. The van der Waals surface area contributed by atoms with E-state index in [4.69, 9.17) is 11.5 Å². The highest BCUT2D eigenvalue weighted by Gasteiger charge is 2.28. The van der Waals surface area contributed by atoms with Crippen LogP contribution in [-0.2, 0) is 4.79 Å². The van der Waals surface area contributed by atoms with Gasteiger partial charge in [-0.3, -0.25) is 4.79 Å². The summed E-state index contributed by atoms with van der Waals surface area (Å²) < 4.78 is 0. The van der Waals surface area contributed by atoms with Crippen LogP contribution in [0.15, 0.2) is 30.3 Å². The second-order valence-electron chi connectivity index (χ2n) is 4.12. The number of urea groups is 1. The number of amides is 3. The number of hydrogen-bond donors (Lipinski definition) is 2. The first kappa shape index (κ1) is 13.2. The highest BCUT2D eigenvalue weighted by atomic mass is 16.2. The van der Waals surface area contributed by atoms with Gasteiger partial charge in [-0.25, -0.2) is 9.69 Å². The van der Waals surface area contributed by atoms with Crippen LogP contribution in [0.5, 0.6) is 0 Å². The molecule has 4 N–H and O–H groups in total. The van der Waals surface area contributed by atoms with Gasteiger partial charge >= 0.3 is 6.03 Å². The van der Waals surface area contributed by atoms with Crippen molar-refractivity contribution in [1.82, 2.24) is 0 Å². The van der Waals surface area contributed by atoms with Crippen molar-refractivity contribution < 1.29 is 9.59 Å². The number of hydrogen-bond acceptors (Lipinski definition) is 3. The summed E-state index contributed by atoms with van der Waals surface area (Å²) in [6.07, 6.45) is 0. The highest BCUT2D eigenvalue weighted by Crippen LogP contribution is 2.15. The van der Waals surface area contributed by atoms with E-state index in [1.54, 1.807) is 30.3 Å². The van der Waals surface area contributed by atoms with E-state index >= 15 is 0 Å². The zero-order chi connectivity index (χ0) is 13.0. The molecule has 5 nitrogen and oxygen atoms in total. The molecule has 0 spiro atoms. The van der Waals surface area contributed by atoms with Gasteiger partial charge in [0.1, 0.15) is 0 Å². The Balaban J connectivity index is 3.03. The molecule has 0 bridgehead atoms. The van der Waals surface area contributed by atoms with Gasteiger partial charge in [0.25, 0.3) is 5.91 Å². The normalized spacial score (nSPS) is 12.2. The van der Waals surface area contributed by atoms with Gasteiger partial charge in [-0.05, 0) is 18.1 Å². The Morgan fingerprint density at radius 1 is 1.18 bits per heavy atom. The third-order valence-electron chi connectivity index (χ3n) is 2.46. The highest BCUT2D eigenvalue weighted by molar-refractivity contribution is 6.15. The minimum Gasteiger partial charge on any atom is -0.351 e. The molecule has 1 aromatic carbocycles. The molecule has 0 radical (unpaired) electrons. The van der Waals surface area contributed by atoms with E-state index < -0.39 is 18.0 Å². The molecular weight excluding hydrogens is 218 g/mol. The number of para-hydroxylation sites is 1. The summed E-state index contributed by atoms with van der Waals surface area (Å²) in [5, 5.41) is 0. The Morgan fingerprint density at radius 3 is 2.12 bits per heavy atom. The monoisotopic (exact) mass is 235 g/mol. The van der Waals surface area contributed by atoms with Gasteiger partial charge in [-0.15, -0.1) is 0 Å². The average molecular weight is 235 g/mol. The molecule has 0 heterocycles. The van der Waals surface area contributed by atoms with Gasteiger partial charge in [0, 0.05) is 0 Å². The molecule has 1 rings (SSSR count). The molecule has 3 amide bonds. The Morgan fingerprint density at radius 2 is 1.71 bits per heavy atom. The minimum atomic E-state index is -0.822. The Hall–Kier alpha value is -1.88. The second kappa shape index (κ2) is 5.45. The van der Waals surface area contributed by atoms with Crippen molar-refractivity contribution in [2.75, 3.05) is 4.90 Å². The molecule has 0 fully saturated rings. The first-order valence-electron chi connectivity index (χ1n) is 5.39. The summed E-state index contributed by atoms with van der Waals surface area (Å²) in [4.78, 5) is 24.3. The van der Waals surface area contributed by atoms with Crippen LogP contribution in [0, 0.1) is 5.92 Å². The fourth-order valence-electron chi connectivity index (χ4n) is 1.37. The van der Waals surface area contributed by atoms with Crippen molar-refractivity contribution in [1.29, 1.82) is 0 Å². The van der Waals surface area contributed by atoms with Crippen molar-refractivity contribution in [3.8, 4) is 0 Å². The fourth-order valence-corrected chi connectivity index (χ4v) is 1.37. The topological polar surface area (TPSA) is 89.4 Å². The van der Waals surface area contributed by atoms with Crippen LogP contribution in [0.2, 0.25) is 0 Å². The smallest absolute Gasteiger partial charge is 0.326 e. The SMILES string of the molecule is CC(C)[C@H](N)C(=O)N(C(N)=O)c1ccccc1. The lowest BCUT2D eigenvalue weighted by Gasteiger charge is -2.23. The molecule has 0 aliphatic carbocycles. The Bertz CT molecular complexity index is 403. The molecule has 92 valence electrons. The lowest BCUT2D eigenvalue weighted by atomic mass is 10.0. The average Bonchev–Trinajstić information content (AvgIpc) is 2.28. The largest absolute Gasteiger partial charge is 0.351 e. The number of nitrogens with two attached hydrogens (primary N) is 2. The molecule has 17 heavy (non-hydrogen) atoms. The number of carbonyl (C=O) groups excluding carboxylic acids is 2. The van der Waals surface area contributed by atoms with Crippen molar-refractivity contribution in [3.63, 3.8) is 0 Å². The van der Waals surface area contributed by atoms with E-state index in [-0.39, 0.29) is 5.92 Å². The molecule has 0 unspecified atom stereocenters. The van der Waals surface area contributed by atoms with E-state index in [2.05, 4.69) is 0 Å². The molecule has 1 aromatic rings. The van der Waals surface area contributed by atoms with E-state index in [0.29, 0.717) is 5.69 Å². The summed E-state index contributed by atoms with van der Waals surface area (Å²) in [6, 6.07) is 6.93. The molecular formula is C12H17N3O2. The van der Waals surface area contributed by atoms with Crippen molar-refractivity contribution in [2.24, 2.45) is 17.4 Å². The second-order valence-corrected chi connectivity index (χ2v) is 4.12. The van der Waals surface area contributed by atoms with Crippen molar-refractivity contribution >= 4 is 17.6 Å². The van der Waals surface area contributed by atoms with Gasteiger partial charge in [0.2, 0.25) is 0 Å². The molecule has 0 saturated heterocycles. The summed E-state index contributed by atoms with van der Waals surface area (Å²) in [6.45, 7) is 3.62. The number of carbonyl (C=O) groups is 2. The number of primary amides is 1. The van der Waals surface area contributed by atoms with Crippen LogP contribution < -0.4 is 16.4 Å². The summed E-state index contributed by atoms with van der Waals surface area (Å²) in [5.41, 5.74) is 11.4.